The Morgan fingerprint density at radius 3 is 1.72 bits per heavy atom. The fraction of sp³-hybridized carbons (Fsp3) is 0.0164. The van der Waals surface area contributed by atoms with Gasteiger partial charge in [-0.25, -0.2) is 4.85 Å². The van der Waals surface area contributed by atoms with E-state index in [1.807, 2.05) is 60.9 Å². The second-order valence-electron chi connectivity index (χ2n) is 17.9. The second-order valence-corrected chi connectivity index (χ2v) is 17.9. The van der Waals surface area contributed by atoms with Gasteiger partial charge in [-0.15, -0.1) is 0 Å². The molecule has 0 fully saturated rings. The molecule has 8 heteroatoms. The smallest absolute Gasteiger partial charge is 0.188 e. The Bertz CT molecular complexity index is 4470. The molecule has 0 saturated heterocycles. The number of ether oxygens (including phenoxy) is 1. The minimum atomic E-state index is -0.880. The Morgan fingerprint density at radius 1 is 0.449 bits per heavy atom. The van der Waals surface area contributed by atoms with Crippen LogP contribution in [-0.4, -0.2) is 23.7 Å². The first-order valence-electron chi connectivity index (χ1n) is 22.9. The van der Waals surface area contributed by atoms with Gasteiger partial charge in [0.05, 0.1) is 80.0 Å². The fourth-order valence-corrected chi connectivity index (χ4v) is 11.8. The number of fused-ring (bicyclic) bond motifs is 18. The van der Waals surface area contributed by atoms with E-state index in [-0.39, 0.29) is 0 Å². The Balaban J connectivity index is 0.999. The number of rotatable bonds is 3. The van der Waals surface area contributed by atoms with E-state index < -0.39 is 5.41 Å². The standard InChI is InChI=1S/C61H33N7O/c1-63-37-21-25-55-45(30-37)43-13-4-8-18-53(43)68(55)40-33-50-60(65-35-40)59-48(15-10-28-64-59)61(50)47-14-5-9-19-57(47)69-58-27-23-39(32-49(58)61)67-54-24-20-36(34-62)29-44(54)46-31-38(22-26-56(46)67)66-51-16-6-2-11-41(51)42-12-3-7-17-52(42)66/h2-33,35H. The molecule has 0 radical (unpaired) electrons. The van der Waals surface area contributed by atoms with Gasteiger partial charge in [0.25, 0.3) is 0 Å². The number of aromatic nitrogens is 5. The number of nitriles is 1. The van der Waals surface area contributed by atoms with Crippen molar-refractivity contribution in [1.82, 2.24) is 23.7 Å². The van der Waals surface area contributed by atoms with E-state index in [2.05, 4.69) is 164 Å². The minimum Gasteiger partial charge on any atom is -0.457 e. The van der Waals surface area contributed by atoms with Crippen LogP contribution in [0, 0.1) is 17.9 Å². The summed E-state index contributed by atoms with van der Waals surface area (Å²) in [6.45, 7) is 7.79. The van der Waals surface area contributed by atoms with Crippen molar-refractivity contribution >= 4 is 71.1 Å². The summed E-state index contributed by atoms with van der Waals surface area (Å²) in [6.07, 6.45) is 3.80. The van der Waals surface area contributed by atoms with Gasteiger partial charge in [0, 0.05) is 61.2 Å². The molecule has 2 aliphatic rings. The SMILES string of the molecule is [C-]#[N+]c1ccc2c(c1)c1ccccc1n2-c1cnc2c(c1)C1(c3ccccc3Oc3ccc(-n4c5ccc(C#N)cc5c5cc(-n6c7ccccc7c7ccccc76)ccc54)cc31)c1cccnc1-2. The Labute approximate surface area is 394 Å². The van der Waals surface area contributed by atoms with Gasteiger partial charge in [0.15, 0.2) is 5.69 Å². The van der Waals surface area contributed by atoms with Crippen LogP contribution in [0.4, 0.5) is 5.69 Å². The van der Waals surface area contributed by atoms with Crippen LogP contribution in [0.1, 0.15) is 27.8 Å². The summed E-state index contributed by atoms with van der Waals surface area (Å²) >= 11 is 0. The second kappa shape index (κ2) is 13.6. The average Bonchev–Trinajstić information content (AvgIpc) is 4.12. The molecule has 13 aromatic rings. The third kappa shape index (κ3) is 4.88. The minimum absolute atomic E-state index is 0.599. The van der Waals surface area contributed by atoms with Crippen molar-refractivity contribution in [3.05, 3.63) is 240 Å². The molecule has 0 N–H and O–H groups in total. The predicted octanol–water partition coefficient (Wildman–Crippen LogP) is 14.7. The lowest BCUT2D eigenvalue weighted by Crippen LogP contribution is -2.32. The van der Waals surface area contributed by atoms with Crippen molar-refractivity contribution < 1.29 is 4.74 Å². The van der Waals surface area contributed by atoms with Crippen LogP contribution in [0.15, 0.2) is 200 Å². The molecule has 8 nitrogen and oxygen atoms in total. The molecule has 0 bridgehead atoms. The van der Waals surface area contributed by atoms with Crippen molar-refractivity contribution in [2.24, 2.45) is 0 Å². The third-order valence-corrected chi connectivity index (χ3v) is 14.6. The van der Waals surface area contributed by atoms with E-state index in [1.54, 1.807) is 0 Å². The number of benzene rings is 8. The topological polar surface area (TPSA) is 78.0 Å². The number of pyridine rings is 2. The quantitative estimate of drug-likeness (QED) is 0.166. The number of para-hydroxylation sites is 4. The van der Waals surface area contributed by atoms with E-state index in [4.69, 9.17) is 21.3 Å². The van der Waals surface area contributed by atoms with E-state index in [0.717, 1.165) is 117 Å². The first kappa shape index (κ1) is 37.5. The molecule has 1 aliphatic heterocycles. The summed E-state index contributed by atoms with van der Waals surface area (Å²) < 4.78 is 13.8. The summed E-state index contributed by atoms with van der Waals surface area (Å²) in [7, 11) is 0. The highest BCUT2D eigenvalue weighted by atomic mass is 16.5. The molecule has 1 atom stereocenters. The molecular weight excluding hydrogens is 847 g/mol. The molecule has 1 aliphatic carbocycles. The van der Waals surface area contributed by atoms with Crippen LogP contribution in [-0.2, 0) is 5.41 Å². The first-order valence-corrected chi connectivity index (χ1v) is 22.9. The lowest BCUT2D eigenvalue weighted by molar-refractivity contribution is 0.436. The van der Waals surface area contributed by atoms with Crippen LogP contribution in [0.5, 0.6) is 11.5 Å². The first-order chi connectivity index (χ1) is 34.1. The molecule has 0 saturated carbocycles. The summed E-state index contributed by atoms with van der Waals surface area (Å²) in [6, 6.07) is 67.9. The Kier molecular flexibility index (Phi) is 7.41. The number of hydrogen-bond acceptors (Lipinski definition) is 4. The van der Waals surface area contributed by atoms with Crippen molar-refractivity contribution in [1.29, 1.82) is 5.26 Å². The molecule has 8 aromatic carbocycles. The van der Waals surface area contributed by atoms with Crippen LogP contribution in [0.25, 0.3) is 98.7 Å². The van der Waals surface area contributed by atoms with E-state index in [9.17, 15) is 5.26 Å². The zero-order valence-corrected chi connectivity index (χ0v) is 36.6. The molecule has 0 amide bonds. The zero-order chi connectivity index (χ0) is 45.5. The van der Waals surface area contributed by atoms with Crippen LogP contribution < -0.4 is 4.74 Å². The molecule has 15 rings (SSSR count). The highest BCUT2D eigenvalue weighted by Gasteiger charge is 2.53. The maximum atomic E-state index is 10.2. The van der Waals surface area contributed by atoms with Gasteiger partial charge in [-0.1, -0.05) is 84.9 Å². The molecular formula is C61H33N7O. The van der Waals surface area contributed by atoms with Gasteiger partial charge in [-0.3, -0.25) is 9.97 Å². The van der Waals surface area contributed by atoms with Crippen molar-refractivity contribution in [3.63, 3.8) is 0 Å². The summed E-state index contributed by atoms with van der Waals surface area (Å²) in [4.78, 5) is 14.2. The van der Waals surface area contributed by atoms with Gasteiger partial charge in [-0.2, -0.15) is 5.26 Å². The number of hydrogen-bond donors (Lipinski definition) is 0. The fourth-order valence-electron chi connectivity index (χ4n) is 11.8. The summed E-state index contributed by atoms with van der Waals surface area (Å²) in [5, 5.41) is 16.8. The highest BCUT2D eigenvalue weighted by molar-refractivity contribution is 6.13. The monoisotopic (exact) mass is 879 g/mol. The molecule has 69 heavy (non-hydrogen) atoms. The third-order valence-electron chi connectivity index (χ3n) is 14.6. The van der Waals surface area contributed by atoms with Crippen molar-refractivity contribution in [2.75, 3.05) is 0 Å². The van der Waals surface area contributed by atoms with Gasteiger partial charge in [-0.05, 0) is 114 Å². The average molecular weight is 880 g/mol. The van der Waals surface area contributed by atoms with Gasteiger partial charge >= 0.3 is 0 Å². The summed E-state index contributed by atoms with van der Waals surface area (Å²) in [5.41, 5.74) is 15.2. The molecule has 5 aromatic heterocycles. The van der Waals surface area contributed by atoms with Crippen molar-refractivity contribution in [3.8, 4) is 46.0 Å². The summed E-state index contributed by atoms with van der Waals surface area (Å²) in [5.74, 6) is 1.52. The van der Waals surface area contributed by atoms with Gasteiger partial charge < -0.3 is 18.4 Å². The van der Waals surface area contributed by atoms with Gasteiger partial charge in [0.1, 0.15) is 11.5 Å². The molecule has 6 heterocycles. The van der Waals surface area contributed by atoms with Crippen LogP contribution >= 0.6 is 0 Å². The highest BCUT2D eigenvalue weighted by Crippen LogP contribution is 2.62. The Morgan fingerprint density at radius 2 is 0.986 bits per heavy atom. The molecule has 318 valence electrons. The zero-order valence-electron chi connectivity index (χ0n) is 36.6. The molecule has 1 spiro atoms. The lowest BCUT2D eigenvalue weighted by atomic mass is 9.66. The lowest BCUT2D eigenvalue weighted by Gasteiger charge is -2.39. The Hall–Kier alpha value is -9.76. The maximum absolute atomic E-state index is 10.2. The van der Waals surface area contributed by atoms with E-state index in [1.165, 1.54) is 10.8 Å². The maximum Gasteiger partial charge on any atom is 0.188 e. The van der Waals surface area contributed by atoms with Crippen LogP contribution in [0.3, 0.4) is 0 Å². The van der Waals surface area contributed by atoms with Crippen molar-refractivity contribution in [2.45, 2.75) is 5.41 Å². The van der Waals surface area contributed by atoms with Crippen LogP contribution in [0.2, 0.25) is 0 Å². The van der Waals surface area contributed by atoms with E-state index >= 15 is 0 Å². The number of nitrogens with zero attached hydrogens (tertiary/aromatic N) is 7. The molecule has 1 unspecified atom stereocenters. The normalized spacial score (nSPS) is 14.5. The predicted molar refractivity (Wildman–Crippen MR) is 273 cm³/mol. The largest absolute Gasteiger partial charge is 0.457 e. The van der Waals surface area contributed by atoms with Gasteiger partial charge in [0.2, 0.25) is 0 Å². The van der Waals surface area contributed by atoms with E-state index in [0.29, 0.717) is 11.3 Å².